The van der Waals surface area contributed by atoms with Crippen LogP contribution in [-0.2, 0) is 6.42 Å². The summed E-state index contributed by atoms with van der Waals surface area (Å²) in [4.78, 5) is 0. The number of nitrogens with zero attached hydrogens (tertiary/aromatic N) is 1. The number of hydrogen-bond donors (Lipinski definition) is 1. The summed E-state index contributed by atoms with van der Waals surface area (Å²) in [5, 5.41) is 12.3. The van der Waals surface area contributed by atoms with Gasteiger partial charge in [0.2, 0.25) is 0 Å². The topological polar surface area (TPSA) is 35.8 Å². The van der Waals surface area contributed by atoms with Gasteiger partial charge in [-0.05, 0) is 17.5 Å². The summed E-state index contributed by atoms with van der Waals surface area (Å²) in [5.41, 5.74) is 2.65. The van der Waals surface area contributed by atoms with Gasteiger partial charge < -0.3 is 5.32 Å². The molecule has 0 aliphatic carbocycles. The minimum atomic E-state index is 0.137. The van der Waals surface area contributed by atoms with E-state index in [4.69, 9.17) is 5.26 Å². The molecule has 15 heavy (non-hydrogen) atoms. The predicted molar refractivity (Wildman–Crippen MR) is 60.5 cm³/mol. The molecule has 1 fully saturated rings. The average molecular weight is 200 g/mol. The molecule has 0 aromatic heterocycles. The maximum atomic E-state index is 9.01. The van der Waals surface area contributed by atoms with E-state index < -0.39 is 0 Å². The third-order valence-electron chi connectivity index (χ3n) is 3.20. The van der Waals surface area contributed by atoms with Crippen molar-refractivity contribution in [1.82, 2.24) is 5.32 Å². The van der Waals surface area contributed by atoms with Gasteiger partial charge in [-0.1, -0.05) is 31.2 Å². The lowest BCUT2D eigenvalue weighted by Gasteiger charge is -2.12. The third-order valence-corrected chi connectivity index (χ3v) is 3.20. The lowest BCUT2D eigenvalue weighted by atomic mass is 9.89. The molecule has 1 aromatic rings. The Morgan fingerprint density at radius 2 is 2.07 bits per heavy atom. The molecule has 0 unspecified atom stereocenters. The number of hydrogen-bond acceptors (Lipinski definition) is 2. The van der Waals surface area contributed by atoms with Gasteiger partial charge in [0.1, 0.15) is 0 Å². The molecule has 1 heterocycles. The first-order chi connectivity index (χ1) is 7.35. The molecule has 0 bridgehead atoms. The Balaban J connectivity index is 2.19. The first-order valence-corrected chi connectivity index (χ1v) is 5.54. The van der Waals surface area contributed by atoms with Gasteiger partial charge in [-0.2, -0.15) is 5.26 Å². The Morgan fingerprint density at radius 3 is 2.67 bits per heavy atom. The minimum absolute atomic E-state index is 0.137. The second-order valence-corrected chi connectivity index (χ2v) is 4.10. The number of rotatable bonds is 2. The van der Waals surface area contributed by atoms with E-state index in [9.17, 15) is 0 Å². The highest BCUT2D eigenvalue weighted by molar-refractivity contribution is 5.28. The fourth-order valence-corrected chi connectivity index (χ4v) is 2.17. The summed E-state index contributed by atoms with van der Waals surface area (Å²) in [6.45, 7) is 3.92. The third kappa shape index (κ3) is 2.03. The highest BCUT2D eigenvalue weighted by Gasteiger charge is 2.27. The van der Waals surface area contributed by atoms with Gasteiger partial charge in [0.25, 0.3) is 0 Å². The summed E-state index contributed by atoms with van der Waals surface area (Å²) in [6.07, 6.45) is 1.07. The molecule has 1 aliphatic heterocycles. The van der Waals surface area contributed by atoms with Crippen LogP contribution >= 0.6 is 0 Å². The monoisotopic (exact) mass is 200 g/mol. The van der Waals surface area contributed by atoms with Crippen molar-refractivity contribution in [2.45, 2.75) is 19.3 Å². The first-order valence-electron chi connectivity index (χ1n) is 5.54. The van der Waals surface area contributed by atoms with Crippen LogP contribution in [0, 0.1) is 17.2 Å². The van der Waals surface area contributed by atoms with Gasteiger partial charge in [0, 0.05) is 19.0 Å². The minimum Gasteiger partial charge on any atom is -0.315 e. The zero-order valence-corrected chi connectivity index (χ0v) is 9.03. The van der Waals surface area contributed by atoms with E-state index in [0.717, 1.165) is 19.5 Å². The van der Waals surface area contributed by atoms with Crippen LogP contribution in [0.5, 0.6) is 0 Å². The first kappa shape index (κ1) is 10.2. The highest BCUT2D eigenvalue weighted by atomic mass is 14.9. The summed E-state index contributed by atoms with van der Waals surface area (Å²) in [5.74, 6) is 0.512. The zero-order chi connectivity index (χ0) is 10.7. The normalized spacial score (nSPS) is 25.1. The molecule has 2 nitrogen and oxygen atoms in total. The van der Waals surface area contributed by atoms with Gasteiger partial charge in [-0.15, -0.1) is 0 Å². The summed E-state index contributed by atoms with van der Waals surface area (Å²) >= 11 is 0. The molecule has 2 atom stereocenters. The summed E-state index contributed by atoms with van der Waals surface area (Å²) in [6, 6.07) is 11.1. The van der Waals surface area contributed by atoms with E-state index in [-0.39, 0.29) is 5.92 Å². The lowest BCUT2D eigenvalue weighted by Crippen LogP contribution is -2.08. The molecule has 1 saturated heterocycles. The summed E-state index contributed by atoms with van der Waals surface area (Å²) in [7, 11) is 0. The largest absolute Gasteiger partial charge is 0.315 e. The van der Waals surface area contributed by atoms with E-state index in [0.29, 0.717) is 5.92 Å². The van der Waals surface area contributed by atoms with E-state index in [1.807, 2.05) is 0 Å². The molecule has 0 saturated carbocycles. The van der Waals surface area contributed by atoms with E-state index in [1.54, 1.807) is 0 Å². The van der Waals surface area contributed by atoms with Crippen molar-refractivity contribution in [1.29, 1.82) is 5.26 Å². The van der Waals surface area contributed by atoms with Crippen LogP contribution in [0.4, 0.5) is 0 Å². The second kappa shape index (κ2) is 4.46. The smallest absolute Gasteiger partial charge is 0.0676 e. The van der Waals surface area contributed by atoms with Crippen LogP contribution in [0.3, 0.4) is 0 Å². The Bertz CT molecular complexity index is 361. The second-order valence-electron chi connectivity index (χ2n) is 4.10. The molecule has 0 radical (unpaired) electrons. The fourth-order valence-electron chi connectivity index (χ4n) is 2.17. The van der Waals surface area contributed by atoms with Crippen molar-refractivity contribution in [2.24, 2.45) is 5.92 Å². The predicted octanol–water partition coefficient (Wildman–Crippen LogP) is 2.08. The maximum Gasteiger partial charge on any atom is 0.0676 e. The Hall–Kier alpha value is -1.33. The van der Waals surface area contributed by atoms with Crippen LogP contribution in [-0.4, -0.2) is 13.1 Å². The van der Waals surface area contributed by atoms with E-state index in [2.05, 4.69) is 42.6 Å². The number of aryl methyl sites for hydroxylation is 1. The Labute approximate surface area is 90.9 Å². The quantitative estimate of drug-likeness (QED) is 0.793. The van der Waals surface area contributed by atoms with E-state index in [1.165, 1.54) is 11.1 Å². The van der Waals surface area contributed by atoms with Crippen molar-refractivity contribution < 1.29 is 0 Å². The average Bonchev–Trinajstić information content (AvgIpc) is 2.77. The van der Waals surface area contributed by atoms with Gasteiger partial charge in [-0.3, -0.25) is 0 Å². The summed E-state index contributed by atoms with van der Waals surface area (Å²) < 4.78 is 0. The van der Waals surface area contributed by atoms with Crippen LogP contribution in [0.1, 0.15) is 24.0 Å². The van der Waals surface area contributed by atoms with Gasteiger partial charge >= 0.3 is 0 Å². The molecule has 1 aliphatic rings. The number of nitriles is 1. The Kier molecular flexibility index (Phi) is 3.03. The van der Waals surface area contributed by atoms with Crippen molar-refractivity contribution in [3.63, 3.8) is 0 Å². The van der Waals surface area contributed by atoms with E-state index >= 15 is 0 Å². The molecule has 1 N–H and O–H groups in total. The van der Waals surface area contributed by atoms with Crippen LogP contribution < -0.4 is 5.32 Å². The Morgan fingerprint density at radius 1 is 1.33 bits per heavy atom. The molecule has 0 spiro atoms. The molecule has 2 rings (SSSR count). The number of nitrogens with one attached hydrogen (secondary N) is 1. The standard InChI is InChI=1S/C13H16N2/c1-2-10-3-5-11(6-4-10)13-9-15-8-12(13)7-14/h3-6,12-13,15H,2,8-9H2,1H3/t12-,13-/m1/s1. The lowest BCUT2D eigenvalue weighted by molar-refractivity contribution is 0.646. The maximum absolute atomic E-state index is 9.01. The van der Waals surface area contributed by atoms with Crippen molar-refractivity contribution in [2.75, 3.05) is 13.1 Å². The molecule has 1 aromatic carbocycles. The fraction of sp³-hybridized carbons (Fsp3) is 0.462. The van der Waals surface area contributed by atoms with Crippen molar-refractivity contribution in [3.05, 3.63) is 35.4 Å². The molecular formula is C13H16N2. The molecule has 0 amide bonds. The highest BCUT2D eigenvalue weighted by Crippen LogP contribution is 2.27. The van der Waals surface area contributed by atoms with Crippen LogP contribution in [0.2, 0.25) is 0 Å². The van der Waals surface area contributed by atoms with Gasteiger partial charge in [-0.25, -0.2) is 0 Å². The molecule has 2 heteroatoms. The number of benzene rings is 1. The zero-order valence-electron chi connectivity index (χ0n) is 9.03. The van der Waals surface area contributed by atoms with Crippen LogP contribution in [0.25, 0.3) is 0 Å². The van der Waals surface area contributed by atoms with Crippen molar-refractivity contribution in [3.8, 4) is 6.07 Å². The molecular weight excluding hydrogens is 184 g/mol. The molecule has 78 valence electrons. The van der Waals surface area contributed by atoms with Crippen LogP contribution in [0.15, 0.2) is 24.3 Å². The van der Waals surface area contributed by atoms with Crippen molar-refractivity contribution >= 4 is 0 Å². The van der Waals surface area contributed by atoms with Gasteiger partial charge in [0.05, 0.1) is 12.0 Å². The van der Waals surface area contributed by atoms with Gasteiger partial charge in [0.15, 0.2) is 0 Å². The SMILES string of the molecule is CCc1ccc([C@H]2CNC[C@H]2C#N)cc1.